The van der Waals surface area contributed by atoms with Crippen molar-refractivity contribution in [2.75, 3.05) is 0 Å². The lowest BCUT2D eigenvalue weighted by Crippen LogP contribution is -2.32. The zero-order valence-electron chi connectivity index (χ0n) is 13.9. The van der Waals surface area contributed by atoms with E-state index in [1.54, 1.807) is 12.1 Å². The van der Waals surface area contributed by atoms with Gasteiger partial charge in [0, 0.05) is 36.0 Å². The summed E-state index contributed by atoms with van der Waals surface area (Å²) in [4.78, 5) is 12.9. The number of carbonyl (C=O) groups excluding carboxylic acids is 1. The quantitative estimate of drug-likeness (QED) is 0.838. The molecule has 1 atom stereocenters. The molecule has 0 aromatic heterocycles. The molecule has 2 aromatic rings. The summed E-state index contributed by atoms with van der Waals surface area (Å²) >= 11 is 0. The number of rotatable bonds is 1. The fourth-order valence-corrected chi connectivity index (χ4v) is 3.82. The lowest BCUT2D eigenvalue weighted by Gasteiger charge is -2.38. The first kappa shape index (κ1) is 15.0. The van der Waals surface area contributed by atoms with Crippen LogP contribution in [0.2, 0.25) is 0 Å². The number of aromatic hydroxyl groups is 1. The molecule has 1 heterocycles. The van der Waals surface area contributed by atoms with Gasteiger partial charge in [0.05, 0.1) is 0 Å². The first-order valence-electron chi connectivity index (χ1n) is 8.26. The molecular formula is C21H20O3. The lowest BCUT2D eigenvalue weighted by atomic mass is 9.70. The fraction of sp³-hybridized carbons (Fsp3) is 0.286. The van der Waals surface area contributed by atoms with E-state index in [0.717, 1.165) is 28.9 Å². The van der Waals surface area contributed by atoms with Gasteiger partial charge in [-0.25, -0.2) is 0 Å². The summed E-state index contributed by atoms with van der Waals surface area (Å²) in [5.41, 5.74) is 2.68. The molecule has 122 valence electrons. The van der Waals surface area contributed by atoms with E-state index in [1.807, 2.05) is 36.4 Å². The molecule has 0 bridgehead atoms. The Morgan fingerprint density at radius 3 is 2.58 bits per heavy atom. The maximum atomic E-state index is 12.9. The Balaban J connectivity index is 1.94. The first-order chi connectivity index (χ1) is 11.4. The molecule has 0 radical (unpaired) electrons. The van der Waals surface area contributed by atoms with Gasteiger partial charge in [-0.3, -0.25) is 4.79 Å². The molecule has 0 spiro atoms. The highest BCUT2D eigenvalue weighted by atomic mass is 16.5. The van der Waals surface area contributed by atoms with Gasteiger partial charge in [-0.2, -0.15) is 0 Å². The van der Waals surface area contributed by atoms with Crippen LogP contribution in [0.5, 0.6) is 11.5 Å². The molecule has 0 saturated carbocycles. The Bertz CT molecular complexity index is 847. The summed E-state index contributed by atoms with van der Waals surface area (Å²) in [6.45, 7) is 4.18. The van der Waals surface area contributed by atoms with Crippen LogP contribution in [-0.2, 0) is 4.79 Å². The van der Waals surface area contributed by atoms with Crippen LogP contribution in [0, 0.1) is 5.41 Å². The van der Waals surface area contributed by atoms with Gasteiger partial charge in [-0.1, -0.05) is 50.2 Å². The first-order valence-corrected chi connectivity index (χ1v) is 8.26. The van der Waals surface area contributed by atoms with Crippen LogP contribution in [0.4, 0.5) is 0 Å². The highest BCUT2D eigenvalue weighted by Crippen LogP contribution is 2.50. The van der Waals surface area contributed by atoms with E-state index in [1.165, 1.54) is 0 Å². The maximum absolute atomic E-state index is 12.9. The third kappa shape index (κ3) is 2.41. The van der Waals surface area contributed by atoms with Gasteiger partial charge in [-0.05, 0) is 17.0 Å². The molecule has 1 aliphatic heterocycles. The van der Waals surface area contributed by atoms with Crippen molar-refractivity contribution in [1.82, 2.24) is 0 Å². The van der Waals surface area contributed by atoms with Crippen LogP contribution in [0.1, 0.15) is 43.7 Å². The number of benzene rings is 2. The Morgan fingerprint density at radius 1 is 1.08 bits per heavy atom. The van der Waals surface area contributed by atoms with Crippen molar-refractivity contribution in [2.24, 2.45) is 5.41 Å². The predicted molar refractivity (Wildman–Crippen MR) is 92.1 cm³/mol. The minimum Gasteiger partial charge on any atom is -0.508 e. The number of fused-ring (bicyclic) bond motifs is 1. The van der Waals surface area contributed by atoms with Gasteiger partial charge in [-0.15, -0.1) is 0 Å². The van der Waals surface area contributed by atoms with E-state index in [2.05, 4.69) is 13.8 Å². The van der Waals surface area contributed by atoms with Gasteiger partial charge in [0.1, 0.15) is 17.3 Å². The Hall–Kier alpha value is -2.55. The second-order valence-electron chi connectivity index (χ2n) is 7.45. The number of carbonyl (C=O) groups is 1. The number of hydrogen-bond donors (Lipinski definition) is 1. The van der Waals surface area contributed by atoms with E-state index in [-0.39, 0.29) is 22.9 Å². The number of phenols is 1. The van der Waals surface area contributed by atoms with Gasteiger partial charge in [0.25, 0.3) is 0 Å². The third-order valence-electron chi connectivity index (χ3n) is 4.84. The summed E-state index contributed by atoms with van der Waals surface area (Å²) in [6.07, 6.45) is 1.26. The van der Waals surface area contributed by atoms with Crippen LogP contribution < -0.4 is 4.74 Å². The van der Waals surface area contributed by atoms with Crippen LogP contribution in [0.15, 0.2) is 59.9 Å². The van der Waals surface area contributed by atoms with Crippen molar-refractivity contribution < 1.29 is 14.6 Å². The lowest BCUT2D eigenvalue weighted by molar-refractivity contribution is -0.118. The van der Waals surface area contributed by atoms with E-state index in [4.69, 9.17) is 4.74 Å². The SMILES string of the molecule is CC1(C)CC(=O)C2=C(C1)Oc1cc(O)ccc1[C@H]2c1ccccc1. The molecule has 0 amide bonds. The molecule has 1 N–H and O–H groups in total. The molecule has 2 aliphatic rings. The number of hydrogen-bond acceptors (Lipinski definition) is 3. The average molecular weight is 320 g/mol. The summed E-state index contributed by atoms with van der Waals surface area (Å²) in [5.74, 6) is 1.60. The van der Waals surface area contributed by atoms with E-state index in [0.29, 0.717) is 12.2 Å². The molecule has 0 saturated heterocycles. The molecule has 3 heteroatoms. The second kappa shape index (κ2) is 5.23. The van der Waals surface area contributed by atoms with Crippen LogP contribution in [-0.4, -0.2) is 10.9 Å². The smallest absolute Gasteiger partial charge is 0.163 e. The van der Waals surface area contributed by atoms with E-state index in [9.17, 15) is 9.90 Å². The molecule has 0 fully saturated rings. The van der Waals surface area contributed by atoms with Crippen molar-refractivity contribution in [1.29, 1.82) is 0 Å². The third-order valence-corrected chi connectivity index (χ3v) is 4.84. The molecule has 4 rings (SSSR count). The van der Waals surface area contributed by atoms with Crippen molar-refractivity contribution in [2.45, 2.75) is 32.6 Å². The summed E-state index contributed by atoms with van der Waals surface area (Å²) in [5, 5.41) is 9.83. The molecule has 0 unspecified atom stereocenters. The molecule has 2 aromatic carbocycles. The number of ketones is 1. The number of ether oxygens (including phenoxy) is 1. The van der Waals surface area contributed by atoms with Gasteiger partial charge in [0.15, 0.2) is 5.78 Å². The Morgan fingerprint density at radius 2 is 1.83 bits per heavy atom. The number of allylic oxidation sites excluding steroid dienone is 2. The fourth-order valence-electron chi connectivity index (χ4n) is 3.82. The highest BCUT2D eigenvalue weighted by Gasteiger charge is 2.41. The van der Waals surface area contributed by atoms with E-state index >= 15 is 0 Å². The van der Waals surface area contributed by atoms with Gasteiger partial charge < -0.3 is 9.84 Å². The molecule has 3 nitrogen and oxygen atoms in total. The summed E-state index contributed by atoms with van der Waals surface area (Å²) in [7, 11) is 0. The Kier molecular flexibility index (Phi) is 3.27. The maximum Gasteiger partial charge on any atom is 0.163 e. The monoisotopic (exact) mass is 320 g/mol. The topological polar surface area (TPSA) is 46.5 Å². The standard InChI is InChI=1S/C21H20O3/c1-21(2)11-16(23)20-18(12-21)24-17-10-14(22)8-9-15(17)19(20)13-6-4-3-5-7-13/h3-10,19,22H,11-12H2,1-2H3/t19-/m1/s1. The highest BCUT2D eigenvalue weighted by molar-refractivity contribution is 6.00. The van der Waals surface area contributed by atoms with Crippen molar-refractivity contribution in [3.8, 4) is 11.5 Å². The minimum atomic E-state index is -0.130. The minimum absolute atomic E-state index is 0.106. The zero-order valence-corrected chi connectivity index (χ0v) is 13.9. The van der Waals surface area contributed by atoms with Crippen molar-refractivity contribution in [3.05, 3.63) is 71.0 Å². The number of Topliss-reactive ketones (excluding diaryl/α,β-unsaturated/α-hetero) is 1. The molecule has 1 aliphatic carbocycles. The predicted octanol–water partition coefficient (Wildman–Crippen LogP) is 4.56. The average Bonchev–Trinajstić information content (AvgIpc) is 2.52. The largest absolute Gasteiger partial charge is 0.508 e. The van der Waals surface area contributed by atoms with Crippen LogP contribution >= 0.6 is 0 Å². The van der Waals surface area contributed by atoms with Crippen LogP contribution in [0.3, 0.4) is 0 Å². The van der Waals surface area contributed by atoms with Crippen molar-refractivity contribution in [3.63, 3.8) is 0 Å². The summed E-state index contributed by atoms with van der Waals surface area (Å²) < 4.78 is 6.07. The van der Waals surface area contributed by atoms with Gasteiger partial charge >= 0.3 is 0 Å². The Labute approximate surface area is 141 Å². The normalized spacial score (nSPS) is 21.8. The number of phenolic OH excluding ortho intramolecular Hbond substituents is 1. The second-order valence-corrected chi connectivity index (χ2v) is 7.45. The zero-order chi connectivity index (χ0) is 16.9. The van der Waals surface area contributed by atoms with Gasteiger partial charge in [0.2, 0.25) is 0 Å². The summed E-state index contributed by atoms with van der Waals surface area (Å²) in [6, 6.07) is 15.2. The molecule has 24 heavy (non-hydrogen) atoms. The van der Waals surface area contributed by atoms with Crippen molar-refractivity contribution >= 4 is 5.78 Å². The molecular weight excluding hydrogens is 300 g/mol. The van der Waals surface area contributed by atoms with E-state index < -0.39 is 0 Å². The van der Waals surface area contributed by atoms with Crippen LogP contribution in [0.25, 0.3) is 0 Å².